The molecule has 134 valence electrons. The minimum Gasteiger partial charge on any atom is -0.387 e. The van der Waals surface area contributed by atoms with Crippen LogP contribution in [0.3, 0.4) is 0 Å². The summed E-state index contributed by atoms with van der Waals surface area (Å²) in [5.41, 5.74) is 0.706. The summed E-state index contributed by atoms with van der Waals surface area (Å²) in [4.78, 5) is 30.4. The molecule has 1 atom stereocenters. The molecule has 3 rings (SSSR count). The number of carbonyl (C=O) groups excluding carboxylic acids is 1. The molecule has 0 radical (unpaired) electrons. The predicted octanol–water partition coefficient (Wildman–Crippen LogP) is 3.15. The number of carbonyl (C=O) groups is 1. The summed E-state index contributed by atoms with van der Waals surface area (Å²) in [5, 5.41) is 12.4. The highest BCUT2D eigenvalue weighted by Gasteiger charge is 2.29. The third kappa shape index (κ3) is 3.85. The van der Waals surface area contributed by atoms with Crippen molar-refractivity contribution in [2.24, 2.45) is 5.92 Å². The normalized spacial score (nSPS) is 17.0. The lowest BCUT2D eigenvalue weighted by atomic mass is 9.90. The van der Waals surface area contributed by atoms with Gasteiger partial charge in [0.2, 0.25) is 0 Å². The van der Waals surface area contributed by atoms with Crippen molar-refractivity contribution in [3.05, 3.63) is 56.1 Å². The number of amides is 1. The average Bonchev–Trinajstić information content (AvgIpc) is 3.15. The molecule has 0 aliphatic carbocycles. The first-order valence-electron chi connectivity index (χ1n) is 8.71. The number of hydrogen-bond acceptors (Lipinski definition) is 4. The fourth-order valence-corrected chi connectivity index (χ4v) is 4.08. The van der Waals surface area contributed by atoms with Crippen LogP contribution in [0.15, 0.2) is 34.4 Å². The third-order valence-electron chi connectivity index (χ3n) is 4.89. The number of H-pyrrole nitrogens is 1. The van der Waals surface area contributed by atoms with Crippen molar-refractivity contribution < 1.29 is 9.90 Å². The van der Waals surface area contributed by atoms with Gasteiger partial charge in [-0.15, -0.1) is 11.3 Å². The van der Waals surface area contributed by atoms with Crippen molar-refractivity contribution in [2.45, 2.75) is 38.7 Å². The van der Waals surface area contributed by atoms with Gasteiger partial charge in [-0.25, -0.2) is 0 Å². The number of aromatic amines is 1. The molecule has 2 N–H and O–H groups in total. The fraction of sp³-hybridized carbons (Fsp3) is 0.474. The van der Waals surface area contributed by atoms with Crippen LogP contribution in [0.25, 0.3) is 0 Å². The molecule has 0 bridgehead atoms. The van der Waals surface area contributed by atoms with Gasteiger partial charge in [0.05, 0.1) is 6.10 Å². The van der Waals surface area contributed by atoms with E-state index in [1.54, 1.807) is 22.3 Å². The highest BCUT2D eigenvalue weighted by atomic mass is 32.1. The Labute approximate surface area is 151 Å². The van der Waals surface area contributed by atoms with Crippen molar-refractivity contribution in [1.82, 2.24) is 9.88 Å². The van der Waals surface area contributed by atoms with E-state index in [1.165, 1.54) is 0 Å². The molecule has 1 aliphatic heterocycles. The second-order valence-corrected chi connectivity index (χ2v) is 7.88. The van der Waals surface area contributed by atoms with Gasteiger partial charge in [-0.05, 0) is 48.3 Å². The molecule has 1 saturated heterocycles. The molecule has 2 aromatic rings. The first-order valence-corrected chi connectivity index (χ1v) is 9.59. The Morgan fingerprint density at radius 2 is 2.00 bits per heavy atom. The van der Waals surface area contributed by atoms with Crippen molar-refractivity contribution in [3.8, 4) is 0 Å². The second kappa shape index (κ2) is 7.54. The Kier molecular flexibility index (Phi) is 5.39. The van der Waals surface area contributed by atoms with Crippen LogP contribution in [0.1, 0.15) is 59.6 Å². The van der Waals surface area contributed by atoms with E-state index >= 15 is 0 Å². The zero-order valence-electron chi connectivity index (χ0n) is 14.6. The number of piperidine rings is 1. The molecule has 25 heavy (non-hydrogen) atoms. The number of nitrogens with zero attached hydrogens (tertiary/aromatic N) is 1. The van der Waals surface area contributed by atoms with Crippen LogP contribution in [0.4, 0.5) is 0 Å². The van der Waals surface area contributed by atoms with Gasteiger partial charge in [0, 0.05) is 23.7 Å². The quantitative estimate of drug-likeness (QED) is 0.880. The highest BCUT2D eigenvalue weighted by molar-refractivity contribution is 7.10. The van der Waals surface area contributed by atoms with Gasteiger partial charge in [-0.3, -0.25) is 9.59 Å². The summed E-state index contributed by atoms with van der Waals surface area (Å²) in [6, 6.07) is 7.33. The average molecular weight is 360 g/mol. The van der Waals surface area contributed by atoms with Gasteiger partial charge in [0.25, 0.3) is 11.5 Å². The number of rotatable bonds is 4. The number of nitrogens with one attached hydrogen (secondary N) is 1. The van der Waals surface area contributed by atoms with E-state index in [-0.39, 0.29) is 28.9 Å². The molecule has 2 aromatic heterocycles. The maximum atomic E-state index is 12.7. The molecule has 0 spiro atoms. The van der Waals surface area contributed by atoms with Crippen molar-refractivity contribution in [1.29, 1.82) is 0 Å². The van der Waals surface area contributed by atoms with E-state index in [1.807, 2.05) is 37.4 Å². The minimum atomic E-state index is -0.467. The largest absolute Gasteiger partial charge is 0.387 e. The molecule has 6 heteroatoms. The number of aromatic nitrogens is 1. The molecule has 1 fully saturated rings. The Balaban J connectivity index is 1.65. The van der Waals surface area contributed by atoms with Gasteiger partial charge in [0.1, 0.15) is 5.56 Å². The number of pyridine rings is 1. The van der Waals surface area contributed by atoms with Crippen LogP contribution >= 0.6 is 11.3 Å². The van der Waals surface area contributed by atoms with E-state index in [2.05, 4.69) is 4.98 Å². The molecule has 1 amide bonds. The summed E-state index contributed by atoms with van der Waals surface area (Å²) in [6.45, 7) is 5.13. The lowest BCUT2D eigenvalue weighted by Crippen LogP contribution is -2.41. The monoisotopic (exact) mass is 360 g/mol. The molecule has 0 saturated carbocycles. The number of hydrogen-bond donors (Lipinski definition) is 2. The zero-order valence-corrected chi connectivity index (χ0v) is 15.4. The molecule has 0 aromatic carbocycles. The van der Waals surface area contributed by atoms with E-state index in [0.29, 0.717) is 13.1 Å². The zero-order chi connectivity index (χ0) is 18.0. The molecular formula is C19H24N2O3S. The third-order valence-corrected chi connectivity index (χ3v) is 5.84. The molecule has 5 nitrogen and oxygen atoms in total. The SMILES string of the molecule is CC(C)c1ccc(C(=O)N2CCC([C@@H](O)c3cccs3)CC2)c(=O)[nH]1. The Morgan fingerprint density at radius 3 is 2.56 bits per heavy atom. The van der Waals surface area contributed by atoms with Crippen LogP contribution in [0, 0.1) is 5.92 Å². The van der Waals surface area contributed by atoms with Gasteiger partial charge < -0.3 is 15.0 Å². The number of aliphatic hydroxyl groups excluding tert-OH is 1. The van der Waals surface area contributed by atoms with Gasteiger partial charge in [-0.1, -0.05) is 19.9 Å². The molecule has 1 aliphatic rings. The molecule has 3 heterocycles. The highest BCUT2D eigenvalue weighted by Crippen LogP contribution is 2.33. The van der Waals surface area contributed by atoms with Crippen LogP contribution in [-0.4, -0.2) is 34.0 Å². The number of thiophene rings is 1. The van der Waals surface area contributed by atoms with Crippen LogP contribution < -0.4 is 5.56 Å². The Bertz CT molecular complexity index is 774. The minimum absolute atomic E-state index is 0.157. The predicted molar refractivity (Wildman–Crippen MR) is 99.1 cm³/mol. The fourth-order valence-electron chi connectivity index (χ4n) is 3.27. The standard InChI is InChI=1S/C19H24N2O3S/c1-12(2)15-6-5-14(18(23)20-15)19(24)21-9-7-13(8-10-21)17(22)16-4-3-11-25-16/h3-6,11-13,17,22H,7-10H2,1-2H3,(H,20,23)/t17-/m1/s1. The van der Waals surface area contributed by atoms with Crippen molar-refractivity contribution >= 4 is 17.2 Å². The summed E-state index contributed by atoms with van der Waals surface area (Å²) < 4.78 is 0. The van der Waals surface area contributed by atoms with Gasteiger partial charge in [-0.2, -0.15) is 0 Å². The molecule has 0 unspecified atom stereocenters. The van der Waals surface area contributed by atoms with Crippen LogP contribution in [0.5, 0.6) is 0 Å². The van der Waals surface area contributed by atoms with Crippen LogP contribution in [-0.2, 0) is 0 Å². The first-order chi connectivity index (χ1) is 12.0. The summed E-state index contributed by atoms with van der Waals surface area (Å²) in [5.74, 6) is 0.149. The topological polar surface area (TPSA) is 73.4 Å². The lowest BCUT2D eigenvalue weighted by molar-refractivity contribution is 0.0473. The Morgan fingerprint density at radius 1 is 1.28 bits per heavy atom. The summed E-state index contributed by atoms with van der Waals surface area (Å²) in [6.07, 6.45) is 1.02. The lowest BCUT2D eigenvalue weighted by Gasteiger charge is -2.34. The van der Waals surface area contributed by atoms with E-state index in [9.17, 15) is 14.7 Å². The van der Waals surface area contributed by atoms with Gasteiger partial charge in [0.15, 0.2) is 0 Å². The summed E-state index contributed by atoms with van der Waals surface area (Å²) in [7, 11) is 0. The van der Waals surface area contributed by atoms with Crippen molar-refractivity contribution in [3.63, 3.8) is 0 Å². The number of likely N-dealkylation sites (tertiary alicyclic amines) is 1. The van der Waals surface area contributed by atoms with Gasteiger partial charge >= 0.3 is 0 Å². The van der Waals surface area contributed by atoms with E-state index < -0.39 is 6.10 Å². The smallest absolute Gasteiger partial charge is 0.261 e. The first kappa shape index (κ1) is 17.9. The Hall–Kier alpha value is -1.92. The number of aliphatic hydroxyl groups is 1. The summed E-state index contributed by atoms with van der Waals surface area (Å²) >= 11 is 1.56. The van der Waals surface area contributed by atoms with Crippen LogP contribution in [0.2, 0.25) is 0 Å². The maximum Gasteiger partial charge on any atom is 0.261 e. The molecular weight excluding hydrogens is 336 g/mol. The second-order valence-electron chi connectivity index (χ2n) is 6.90. The van der Waals surface area contributed by atoms with Crippen molar-refractivity contribution in [2.75, 3.05) is 13.1 Å². The maximum absolute atomic E-state index is 12.7. The van der Waals surface area contributed by atoms with E-state index in [0.717, 1.165) is 23.4 Å². The van der Waals surface area contributed by atoms with E-state index in [4.69, 9.17) is 0 Å².